The minimum Gasteiger partial charge on any atom is -0.426 e. The van der Waals surface area contributed by atoms with Crippen molar-refractivity contribution in [1.29, 1.82) is 0 Å². The van der Waals surface area contributed by atoms with Crippen LogP contribution in [0.2, 0.25) is 0 Å². The third kappa shape index (κ3) is 5.95. The van der Waals surface area contributed by atoms with Gasteiger partial charge >= 0.3 is 6.01 Å². The van der Waals surface area contributed by atoms with Gasteiger partial charge in [-0.1, -0.05) is 25.1 Å². The molecule has 1 aromatic carbocycles. The van der Waals surface area contributed by atoms with Gasteiger partial charge in [-0.05, 0) is 36.6 Å². The number of methoxy groups -OCH3 is 1. The smallest absolute Gasteiger partial charge is 0.301 e. The second-order valence-corrected chi connectivity index (χ2v) is 10.0. The lowest BCUT2D eigenvalue weighted by molar-refractivity contribution is 0.0551. The van der Waals surface area contributed by atoms with Crippen LogP contribution in [-0.2, 0) is 22.3 Å². The quantitative estimate of drug-likeness (QED) is 0.366. The number of aromatic nitrogens is 2. The molecule has 1 aromatic heterocycles. The van der Waals surface area contributed by atoms with Gasteiger partial charge < -0.3 is 29.4 Å². The summed E-state index contributed by atoms with van der Waals surface area (Å²) in [6, 6.07) is 5.82. The number of aromatic amines is 1. The molecule has 0 spiro atoms. The summed E-state index contributed by atoms with van der Waals surface area (Å²) in [6.45, 7) is 6.27. The number of halogens is 1. The number of fused-ring (bicyclic) bond motifs is 1. The fourth-order valence-corrected chi connectivity index (χ4v) is 5.31. The van der Waals surface area contributed by atoms with Crippen molar-refractivity contribution in [1.82, 2.24) is 20.2 Å². The highest BCUT2D eigenvalue weighted by Gasteiger charge is 2.30. The molecule has 1 fully saturated rings. The van der Waals surface area contributed by atoms with Crippen LogP contribution in [0.5, 0.6) is 11.8 Å². The van der Waals surface area contributed by atoms with E-state index < -0.39 is 0 Å². The van der Waals surface area contributed by atoms with Crippen LogP contribution in [0.25, 0.3) is 0 Å². The van der Waals surface area contributed by atoms with Crippen molar-refractivity contribution in [2.45, 2.75) is 31.6 Å². The largest absolute Gasteiger partial charge is 0.426 e. The summed E-state index contributed by atoms with van der Waals surface area (Å²) in [6.07, 6.45) is 8.81. The van der Waals surface area contributed by atoms with Gasteiger partial charge in [0.25, 0.3) is 5.91 Å². The number of ether oxygens (including phenoxy) is 3. The Morgan fingerprint density at radius 1 is 1.32 bits per heavy atom. The van der Waals surface area contributed by atoms with Gasteiger partial charge in [-0.3, -0.25) is 4.79 Å². The first kappa shape index (κ1) is 26.5. The Kier molecular flexibility index (Phi) is 8.46. The molecule has 202 valence electrons. The normalized spacial score (nSPS) is 21.0. The molecule has 3 heterocycles. The zero-order valence-electron chi connectivity index (χ0n) is 21.8. The van der Waals surface area contributed by atoms with E-state index in [2.05, 4.69) is 38.4 Å². The van der Waals surface area contributed by atoms with E-state index >= 15 is 0 Å². The lowest BCUT2D eigenvalue weighted by Gasteiger charge is -2.32. The van der Waals surface area contributed by atoms with E-state index in [1.54, 1.807) is 13.2 Å². The lowest BCUT2D eigenvalue weighted by Crippen LogP contribution is -2.36. The maximum absolute atomic E-state index is 12.7. The SMILES string of the molecule is CCc1ccc(Oc2nc3c([nH]2)CC(Cl)C(C2C=CC(N4CCOCC4)=CC2)=N3)cc1C(=O)NCCOC. The number of imidazole rings is 1. The molecule has 2 unspecified atom stereocenters. The zero-order valence-corrected chi connectivity index (χ0v) is 22.6. The van der Waals surface area contributed by atoms with Crippen LogP contribution in [0.4, 0.5) is 5.82 Å². The molecule has 9 nitrogen and oxygen atoms in total. The molecular weight excluding hydrogens is 506 g/mol. The number of nitrogens with one attached hydrogen (secondary N) is 2. The van der Waals surface area contributed by atoms with Crippen LogP contribution in [0.3, 0.4) is 0 Å². The van der Waals surface area contributed by atoms with Crippen LogP contribution in [0.15, 0.2) is 47.1 Å². The molecule has 2 atom stereocenters. The van der Waals surface area contributed by atoms with Gasteiger partial charge in [-0.15, -0.1) is 11.6 Å². The predicted octanol–water partition coefficient (Wildman–Crippen LogP) is 4.17. The first-order valence-corrected chi connectivity index (χ1v) is 13.6. The first-order valence-electron chi connectivity index (χ1n) is 13.2. The van der Waals surface area contributed by atoms with E-state index in [1.807, 2.05) is 19.1 Å². The molecule has 2 aromatic rings. The number of morpholine rings is 1. The monoisotopic (exact) mass is 539 g/mol. The Balaban J connectivity index is 1.28. The third-order valence-corrected chi connectivity index (χ3v) is 7.40. The molecule has 2 N–H and O–H groups in total. The maximum atomic E-state index is 12.7. The molecule has 5 rings (SSSR count). The Bertz CT molecular complexity index is 1250. The molecule has 1 aliphatic carbocycles. The Hall–Kier alpha value is -3.14. The second-order valence-electron chi connectivity index (χ2n) is 9.51. The molecule has 3 aliphatic rings. The minimum atomic E-state index is -0.227. The van der Waals surface area contributed by atoms with Gasteiger partial charge in [0, 0.05) is 56.1 Å². The molecule has 0 bridgehead atoms. The van der Waals surface area contributed by atoms with Crippen LogP contribution >= 0.6 is 11.6 Å². The van der Waals surface area contributed by atoms with Crippen molar-refractivity contribution in [3.05, 3.63) is 58.9 Å². The number of hydrogen-bond acceptors (Lipinski definition) is 7. The highest BCUT2D eigenvalue weighted by molar-refractivity contribution is 6.33. The first-order chi connectivity index (χ1) is 18.6. The molecule has 10 heteroatoms. The standard InChI is InChI=1S/C28H34ClN5O4/c1-3-18-6-9-21(16-22(18)27(35)30-10-13-36-2)38-28-31-24-17-23(29)25(32-26(24)33-28)19-4-7-20(8-5-19)34-11-14-37-15-12-34/h4,6-9,16,19,23H,3,5,10-15,17H2,1-2H3,(H,30,35)(H,31,33). The topological polar surface area (TPSA) is 101 Å². The van der Waals surface area contributed by atoms with Crippen LogP contribution < -0.4 is 10.1 Å². The zero-order chi connectivity index (χ0) is 26.5. The fourth-order valence-electron chi connectivity index (χ4n) is 4.95. The molecule has 2 aliphatic heterocycles. The van der Waals surface area contributed by atoms with Crippen molar-refractivity contribution in [3.8, 4) is 11.8 Å². The number of rotatable bonds is 9. The predicted molar refractivity (Wildman–Crippen MR) is 147 cm³/mol. The van der Waals surface area contributed by atoms with Gasteiger partial charge in [-0.25, -0.2) is 4.99 Å². The van der Waals surface area contributed by atoms with E-state index in [4.69, 9.17) is 30.8 Å². The minimum absolute atomic E-state index is 0.136. The molecule has 38 heavy (non-hydrogen) atoms. The fraction of sp³-hybridized carbons (Fsp3) is 0.464. The number of allylic oxidation sites excluding steroid dienone is 3. The molecular formula is C28H34ClN5O4. The van der Waals surface area contributed by atoms with Gasteiger partial charge in [0.1, 0.15) is 5.75 Å². The van der Waals surface area contributed by atoms with Crippen molar-refractivity contribution >= 4 is 29.0 Å². The molecule has 1 amide bonds. The third-order valence-electron chi connectivity index (χ3n) is 7.02. The number of aryl methyl sites for hydroxylation is 1. The summed E-state index contributed by atoms with van der Waals surface area (Å²) in [5.74, 6) is 1.10. The highest BCUT2D eigenvalue weighted by Crippen LogP contribution is 2.34. The number of amides is 1. The van der Waals surface area contributed by atoms with Crippen LogP contribution in [0, 0.1) is 5.92 Å². The number of aliphatic imine (C=N–C) groups is 1. The van der Waals surface area contributed by atoms with Crippen LogP contribution in [-0.4, -0.2) is 78.4 Å². The van der Waals surface area contributed by atoms with Crippen LogP contribution in [0.1, 0.15) is 35.0 Å². The number of alkyl halides is 1. The number of hydrogen-bond donors (Lipinski definition) is 2. The molecule has 0 radical (unpaired) electrons. The van der Waals surface area contributed by atoms with E-state index in [0.29, 0.717) is 42.7 Å². The number of nitrogens with zero attached hydrogens (tertiary/aromatic N) is 3. The highest BCUT2D eigenvalue weighted by atomic mass is 35.5. The van der Waals surface area contributed by atoms with Gasteiger partial charge in [0.15, 0.2) is 5.82 Å². The van der Waals surface area contributed by atoms with E-state index in [0.717, 1.165) is 56.1 Å². The Labute approximate surface area is 227 Å². The molecule has 0 saturated carbocycles. The summed E-state index contributed by atoms with van der Waals surface area (Å²) in [5.41, 5.74) is 4.52. The van der Waals surface area contributed by atoms with Gasteiger partial charge in [0.2, 0.25) is 0 Å². The van der Waals surface area contributed by atoms with Crippen molar-refractivity contribution in [2.24, 2.45) is 10.9 Å². The summed E-state index contributed by atoms with van der Waals surface area (Å²) in [5, 5.41) is 2.65. The average Bonchev–Trinajstić information content (AvgIpc) is 3.34. The second kappa shape index (κ2) is 12.1. The van der Waals surface area contributed by atoms with Gasteiger partial charge in [-0.2, -0.15) is 4.98 Å². The maximum Gasteiger partial charge on any atom is 0.301 e. The van der Waals surface area contributed by atoms with E-state index in [1.165, 1.54) is 5.70 Å². The van der Waals surface area contributed by atoms with Crippen molar-refractivity contribution < 1.29 is 19.0 Å². The van der Waals surface area contributed by atoms with Crippen molar-refractivity contribution in [3.63, 3.8) is 0 Å². The summed E-state index contributed by atoms with van der Waals surface area (Å²) in [4.78, 5) is 27.7. The summed E-state index contributed by atoms with van der Waals surface area (Å²) >= 11 is 6.79. The van der Waals surface area contributed by atoms with Gasteiger partial charge in [0.05, 0.1) is 30.9 Å². The van der Waals surface area contributed by atoms with Crippen molar-refractivity contribution in [2.75, 3.05) is 46.6 Å². The molecule has 1 saturated heterocycles. The van der Waals surface area contributed by atoms with E-state index in [-0.39, 0.29) is 17.2 Å². The average molecular weight is 540 g/mol. The number of H-pyrrole nitrogens is 1. The lowest BCUT2D eigenvalue weighted by atomic mass is 9.89. The van der Waals surface area contributed by atoms with E-state index in [9.17, 15) is 4.79 Å². The number of benzene rings is 1. The Morgan fingerprint density at radius 3 is 2.89 bits per heavy atom. The Morgan fingerprint density at radius 2 is 2.16 bits per heavy atom. The number of carbonyl (C=O) groups excluding carboxylic acids is 1. The number of carbonyl (C=O) groups is 1. The summed E-state index contributed by atoms with van der Waals surface area (Å²) in [7, 11) is 1.60. The summed E-state index contributed by atoms with van der Waals surface area (Å²) < 4.78 is 16.5.